The van der Waals surface area contributed by atoms with Gasteiger partial charge in [-0.25, -0.2) is 0 Å². The molecule has 1 aromatic carbocycles. The second kappa shape index (κ2) is 8.72. The zero-order valence-corrected chi connectivity index (χ0v) is 16.3. The van der Waals surface area contributed by atoms with Gasteiger partial charge < -0.3 is 19.1 Å². The minimum atomic E-state index is 0.0993. The first-order chi connectivity index (χ1) is 14.2. The molecule has 0 N–H and O–H groups in total. The SMILES string of the molecule is COc1ccccc1N1CCN(C(=O)CCc2nc(-c3ccccn3)no2)CC1. The maximum absolute atomic E-state index is 12.6. The quantitative estimate of drug-likeness (QED) is 0.636. The number of carbonyl (C=O) groups is 1. The van der Waals surface area contributed by atoms with Crippen molar-refractivity contribution >= 4 is 11.6 Å². The van der Waals surface area contributed by atoms with Gasteiger partial charge in [0, 0.05) is 45.2 Å². The van der Waals surface area contributed by atoms with E-state index in [1.165, 1.54) is 0 Å². The maximum Gasteiger partial charge on any atom is 0.227 e. The predicted molar refractivity (Wildman–Crippen MR) is 108 cm³/mol. The van der Waals surface area contributed by atoms with Gasteiger partial charge in [0.1, 0.15) is 11.4 Å². The lowest BCUT2D eigenvalue weighted by Gasteiger charge is -2.36. The molecule has 150 valence electrons. The van der Waals surface area contributed by atoms with E-state index in [0.29, 0.717) is 43.3 Å². The fourth-order valence-corrected chi connectivity index (χ4v) is 3.42. The molecule has 0 aliphatic carbocycles. The Labute approximate surface area is 169 Å². The Hall–Kier alpha value is -3.42. The molecule has 1 aliphatic heterocycles. The predicted octanol–water partition coefficient (Wildman–Crippen LogP) is 2.42. The third-order valence-corrected chi connectivity index (χ3v) is 4.97. The molecule has 1 fully saturated rings. The smallest absolute Gasteiger partial charge is 0.227 e. The molecule has 8 nitrogen and oxygen atoms in total. The number of anilines is 1. The Kier molecular flexibility index (Phi) is 5.69. The van der Waals surface area contributed by atoms with Crippen LogP contribution in [0.25, 0.3) is 11.5 Å². The third-order valence-electron chi connectivity index (χ3n) is 4.97. The molecule has 1 amide bonds. The van der Waals surface area contributed by atoms with E-state index in [4.69, 9.17) is 9.26 Å². The highest BCUT2D eigenvalue weighted by Gasteiger charge is 2.23. The van der Waals surface area contributed by atoms with E-state index in [-0.39, 0.29) is 5.91 Å². The second-order valence-corrected chi connectivity index (χ2v) is 6.77. The van der Waals surface area contributed by atoms with Gasteiger partial charge in [0.2, 0.25) is 17.6 Å². The standard InChI is InChI=1S/C21H23N5O3/c1-28-18-8-3-2-7-17(18)25-12-14-26(15-13-25)20(27)10-9-19-23-21(24-29-19)16-6-4-5-11-22-16/h2-8,11H,9-10,12-15H2,1H3. The van der Waals surface area contributed by atoms with Gasteiger partial charge in [0.05, 0.1) is 12.8 Å². The Balaban J connectivity index is 1.29. The zero-order chi connectivity index (χ0) is 20.1. The largest absolute Gasteiger partial charge is 0.495 e. The number of aryl methyl sites for hydroxylation is 1. The van der Waals surface area contributed by atoms with Crippen LogP contribution < -0.4 is 9.64 Å². The first-order valence-corrected chi connectivity index (χ1v) is 9.64. The highest BCUT2D eigenvalue weighted by molar-refractivity contribution is 5.76. The number of para-hydroxylation sites is 2. The summed E-state index contributed by atoms with van der Waals surface area (Å²) in [6, 6.07) is 13.5. The Bertz CT molecular complexity index is 952. The van der Waals surface area contributed by atoms with E-state index >= 15 is 0 Å². The van der Waals surface area contributed by atoms with Gasteiger partial charge in [0.25, 0.3) is 0 Å². The molecule has 0 saturated carbocycles. The van der Waals surface area contributed by atoms with Crippen molar-refractivity contribution in [3.8, 4) is 17.3 Å². The van der Waals surface area contributed by atoms with Crippen LogP contribution in [0, 0.1) is 0 Å². The molecule has 0 unspecified atom stereocenters. The number of benzene rings is 1. The van der Waals surface area contributed by atoms with Crippen molar-refractivity contribution in [3.63, 3.8) is 0 Å². The van der Waals surface area contributed by atoms with Crippen LogP contribution in [0.4, 0.5) is 5.69 Å². The summed E-state index contributed by atoms with van der Waals surface area (Å²) in [5.74, 6) is 1.85. The molecule has 3 aromatic rings. The van der Waals surface area contributed by atoms with Gasteiger partial charge in [-0.05, 0) is 24.3 Å². The average molecular weight is 393 g/mol. The van der Waals surface area contributed by atoms with Crippen LogP contribution in [-0.4, -0.2) is 59.2 Å². The number of nitrogens with zero attached hydrogens (tertiary/aromatic N) is 5. The average Bonchev–Trinajstić information content (AvgIpc) is 3.27. The van der Waals surface area contributed by atoms with E-state index in [9.17, 15) is 4.79 Å². The summed E-state index contributed by atoms with van der Waals surface area (Å²) < 4.78 is 10.7. The molecule has 0 radical (unpaired) electrons. The lowest BCUT2D eigenvalue weighted by Crippen LogP contribution is -2.48. The number of hydrogen-bond donors (Lipinski definition) is 0. The van der Waals surface area contributed by atoms with Crippen LogP contribution in [0.5, 0.6) is 5.75 Å². The van der Waals surface area contributed by atoms with Crippen LogP contribution in [0.1, 0.15) is 12.3 Å². The van der Waals surface area contributed by atoms with Crippen LogP contribution in [0.3, 0.4) is 0 Å². The molecular formula is C21H23N5O3. The number of piperazine rings is 1. The molecule has 2 aromatic heterocycles. The van der Waals surface area contributed by atoms with Crippen molar-refractivity contribution in [3.05, 3.63) is 54.6 Å². The molecule has 1 saturated heterocycles. The van der Waals surface area contributed by atoms with E-state index in [1.807, 2.05) is 47.4 Å². The summed E-state index contributed by atoms with van der Waals surface area (Å²) in [6.45, 7) is 2.91. The summed E-state index contributed by atoms with van der Waals surface area (Å²) >= 11 is 0. The highest BCUT2D eigenvalue weighted by Crippen LogP contribution is 2.28. The number of hydrogen-bond acceptors (Lipinski definition) is 7. The molecule has 8 heteroatoms. The summed E-state index contributed by atoms with van der Waals surface area (Å²) in [5.41, 5.74) is 1.72. The van der Waals surface area contributed by atoms with Crippen molar-refractivity contribution < 1.29 is 14.1 Å². The van der Waals surface area contributed by atoms with Gasteiger partial charge in [-0.3, -0.25) is 9.78 Å². The van der Waals surface area contributed by atoms with Crippen LogP contribution in [0.2, 0.25) is 0 Å². The maximum atomic E-state index is 12.6. The first-order valence-electron chi connectivity index (χ1n) is 9.64. The van der Waals surface area contributed by atoms with Crippen molar-refractivity contribution in [1.29, 1.82) is 0 Å². The molecule has 4 rings (SSSR count). The Morgan fingerprint density at radius 1 is 1.10 bits per heavy atom. The second-order valence-electron chi connectivity index (χ2n) is 6.77. The number of rotatable bonds is 6. The molecule has 3 heterocycles. The lowest BCUT2D eigenvalue weighted by molar-refractivity contribution is -0.131. The molecule has 1 aliphatic rings. The number of ether oxygens (including phenoxy) is 1. The molecule has 29 heavy (non-hydrogen) atoms. The topological polar surface area (TPSA) is 84.6 Å². The first kappa shape index (κ1) is 18.9. The summed E-state index contributed by atoms with van der Waals surface area (Å²) in [7, 11) is 1.68. The van der Waals surface area contributed by atoms with Crippen molar-refractivity contribution in [2.45, 2.75) is 12.8 Å². The number of methoxy groups -OCH3 is 1. The zero-order valence-electron chi connectivity index (χ0n) is 16.3. The fraction of sp³-hybridized carbons (Fsp3) is 0.333. The molecule has 0 bridgehead atoms. The molecular weight excluding hydrogens is 370 g/mol. The number of aromatic nitrogens is 3. The van der Waals surface area contributed by atoms with Crippen LogP contribution >= 0.6 is 0 Å². The Morgan fingerprint density at radius 3 is 2.66 bits per heavy atom. The number of carbonyl (C=O) groups excluding carboxylic acids is 1. The molecule has 0 atom stereocenters. The van der Waals surface area contributed by atoms with Gasteiger partial charge in [-0.1, -0.05) is 23.4 Å². The summed E-state index contributed by atoms with van der Waals surface area (Å²) in [6.07, 6.45) is 2.45. The number of amides is 1. The number of pyridine rings is 1. The van der Waals surface area contributed by atoms with Gasteiger partial charge in [0.15, 0.2) is 0 Å². The third kappa shape index (κ3) is 4.37. The minimum Gasteiger partial charge on any atom is -0.495 e. The Morgan fingerprint density at radius 2 is 1.90 bits per heavy atom. The van der Waals surface area contributed by atoms with Crippen LogP contribution in [0.15, 0.2) is 53.2 Å². The normalized spacial score (nSPS) is 14.1. The summed E-state index contributed by atoms with van der Waals surface area (Å²) in [4.78, 5) is 25.3. The minimum absolute atomic E-state index is 0.0993. The van der Waals surface area contributed by atoms with Gasteiger partial charge in [-0.2, -0.15) is 4.98 Å². The molecule has 0 spiro atoms. The lowest BCUT2D eigenvalue weighted by atomic mass is 10.2. The van der Waals surface area contributed by atoms with Gasteiger partial charge >= 0.3 is 0 Å². The van der Waals surface area contributed by atoms with E-state index in [0.717, 1.165) is 24.5 Å². The van der Waals surface area contributed by atoms with Crippen molar-refractivity contribution in [2.75, 3.05) is 38.2 Å². The fourth-order valence-electron chi connectivity index (χ4n) is 3.42. The van der Waals surface area contributed by atoms with Crippen molar-refractivity contribution in [2.24, 2.45) is 0 Å². The summed E-state index contributed by atoms with van der Waals surface area (Å²) in [5, 5.41) is 3.94. The monoisotopic (exact) mass is 393 g/mol. The van der Waals surface area contributed by atoms with Crippen LogP contribution in [-0.2, 0) is 11.2 Å². The van der Waals surface area contributed by atoms with Crippen molar-refractivity contribution in [1.82, 2.24) is 20.0 Å². The van der Waals surface area contributed by atoms with E-state index < -0.39 is 0 Å². The highest BCUT2D eigenvalue weighted by atomic mass is 16.5. The van der Waals surface area contributed by atoms with E-state index in [2.05, 4.69) is 20.0 Å². The van der Waals surface area contributed by atoms with E-state index in [1.54, 1.807) is 13.3 Å². The van der Waals surface area contributed by atoms with Gasteiger partial charge in [-0.15, -0.1) is 0 Å².